The lowest BCUT2D eigenvalue weighted by Crippen LogP contribution is -2.40. The van der Waals surface area contributed by atoms with Gasteiger partial charge in [-0.05, 0) is 47.8 Å². The molecule has 0 atom stereocenters. The maximum Gasteiger partial charge on any atom is 0.125 e. The van der Waals surface area contributed by atoms with Gasteiger partial charge in [0.25, 0.3) is 0 Å². The Kier molecular flexibility index (Phi) is 4.28. The van der Waals surface area contributed by atoms with E-state index in [0.717, 1.165) is 25.1 Å². The van der Waals surface area contributed by atoms with Gasteiger partial charge in [-0.25, -0.2) is 4.39 Å². The second kappa shape index (κ2) is 5.55. The lowest BCUT2D eigenvalue weighted by molar-refractivity contribution is 0.00298. The Morgan fingerprint density at radius 2 is 2.24 bits per heavy atom. The molecule has 0 spiro atoms. The normalized spacial score (nSPS) is 23.3. The van der Waals surface area contributed by atoms with Gasteiger partial charge in [0.1, 0.15) is 5.82 Å². The number of rotatable bonds is 4. The number of ether oxygens (including phenoxy) is 1. The van der Waals surface area contributed by atoms with Crippen molar-refractivity contribution in [2.24, 2.45) is 0 Å². The maximum absolute atomic E-state index is 13.0. The van der Waals surface area contributed by atoms with Crippen molar-refractivity contribution in [3.8, 4) is 0 Å². The van der Waals surface area contributed by atoms with Gasteiger partial charge in [-0.1, -0.05) is 11.6 Å². The summed E-state index contributed by atoms with van der Waals surface area (Å²) in [7, 11) is 0. The highest BCUT2D eigenvalue weighted by atomic mass is 79.9. The minimum atomic E-state index is -0.340. The van der Waals surface area contributed by atoms with Crippen molar-refractivity contribution < 1.29 is 9.13 Å². The third kappa shape index (κ3) is 3.12. The molecule has 17 heavy (non-hydrogen) atoms. The summed E-state index contributed by atoms with van der Waals surface area (Å²) in [6.07, 6.45) is 2.28. The third-order valence-corrected chi connectivity index (χ3v) is 3.78. The van der Waals surface area contributed by atoms with Gasteiger partial charge in [0.2, 0.25) is 0 Å². The number of benzene rings is 1. The van der Waals surface area contributed by atoms with E-state index in [9.17, 15) is 4.39 Å². The Morgan fingerprint density at radius 1 is 1.53 bits per heavy atom. The van der Waals surface area contributed by atoms with Crippen LogP contribution in [0.5, 0.6) is 0 Å². The molecular weight excluding hydrogens is 308 g/mol. The van der Waals surface area contributed by atoms with Crippen molar-refractivity contribution in [3.63, 3.8) is 0 Å². The summed E-state index contributed by atoms with van der Waals surface area (Å²) in [6.45, 7) is 2.74. The lowest BCUT2D eigenvalue weighted by Gasteiger charge is -2.36. The van der Waals surface area contributed by atoms with Crippen LogP contribution < -0.4 is 5.32 Å². The molecule has 2 rings (SSSR count). The van der Waals surface area contributed by atoms with Crippen LogP contribution in [-0.2, 0) is 4.74 Å². The highest BCUT2D eigenvalue weighted by molar-refractivity contribution is 9.10. The monoisotopic (exact) mass is 321 g/mol. The number of hydrogen-bond acceptors (Lipinski definition) is 2. The average molecular weight is 323 g/mol. The van der Waals surface area contributed by atoms with Crippen LogP contribution in [0.25, 0.3) is 0 Å². The van der Waals surface area contributed by atoms with E-state index in [4.69, 9.17) is 16.3 Å². The molecule has 1 saturated carbocycles. The molecule has 0 heterocycles. The van der Waals surface area contributed by atoms with Crippen molar-refractivity contribution in [2.45, 2.75) is 31.9 Å². The van der Waals surface area contributed by atoms with Crippen LogP contribution in [0.2, 0.25) is 5.02 Å². The van der Waals surface area contributed by atoms with Gasteiger partial charge in [0, 0.05) is 17.1 Å². The molecule has 5 heteroatoms. The summed E-state index contributed by atoms with van der Waals surface area (Å²) in [5.74, 6) is -0.340. The van der Waals surface area contributed by atoms with Crippen LogP contribution in [0.3, 0.4) is 0 Å². The smallest absolute Gasteiger partial charge is 0.125 e. The van der Waals surface area contributed by atoms with Gasteiger partial charge in [0.05, 0.1) is 16.8 Å². The predicted octanol–water partition coefficient (Wildman–Crippen LogP) is 4.22. The van der Waals surface area contributed by atoms with Gasteiger partial charge in [0.15, 0.2) is 0 Å². The first-order chi connectivity index (χ1) is 8.10. The largest absolute Gasteiger partial charge is 0.380 e. The topological polar surface area (TPSA) is 21.3 Å². The van der Waals surface area contributed by atoms with Crippen molar-refractivity contribution in [2.75, 3.05) is 11.9 Å². The Labute approximate surface area is 114 Å². The molecule has 1 N–H and O–H groups in total. The van der Waals surface area contributed by atoms with E-state index in [1.54, 1.807) is 0 Å². The van der Waals surface area contributed by atoms with Crippen LogP contribution in [0.4, 0.5) is 10.1 Å². The molecule has 0 saturated heterocycles. The lowest BCUT2D eigenvalue weighted by atomic mass is 9.89. The number of anilines is 1. The molecule has 0 radical (unpaired) electrons. The highest BCUT2D eigenvalue weighted by Crippen LogP contribution is 2.35. The minimum absolute atomic E-state index is 0.340. The van der Waals surface area contributed by atoms with Gasteiger partial charge in [-0.15, -0.1) is 0 Å². The second-order valence-corrected chi connectivity index (χ2v) is 5.40. The van der Waals surface area contributed by atoms with E-state index in [1.165, 1.54) is 12.1 Å². The SMILES string of the molecule is CCOC1CC(Nc2c(Cl)cc(F)cc2Br)C1. The summed E-state index contributed by atoms with van der Waals surface area (Å²) in [5, 5.41) is 3.70. The molecule has 0 amide bonds. The zero-order chi connectivity index (χ0) is 12.4. The van der Waals surface area contributed by atoms with Crippen molar-refractivity contribution >= 4 is 33.2 Å². The summed E-state index contributed by atoms with van der Waals surface area (Å²) in [5.41, 5.74) is 0.757. The zero-order valence-electron chi connectivity index (χ0n) is 9.47. The standard InChI is InChI=1S/C12H14BrClFNO/c1-2-17-9-5-8(6-9)16-12-10(13)3-7(15)4-11(12)14/h3-4,8-9,16H,2,5-6H2,1H3. The van der Waals surface area contributed by atoms with E-state index in [0.29, 0.717) is 21.6 Å². The fourth-order valence-corrected chi connectivity index (χ4v) is 2.86. The van der Waals surface area contributed by atoms with Crippen LogP contribution in [0, 0.1) is 5.82 Å². The van der Waals surface area contributed by atoms with E-state index < -0.39 is 0 Å². The quantitative estimate of drug-likeness (QED) is 0.896. The molecule has 1 aromatic carbocycles. The van der Waals surface area contributed by atoms with E-state index in [-0.39, 0.29) is 5.82 Å². The van der Waals surface area contributed by atoms with Crippen LogP contribution in [0.1, 0.15) is 19.8 Å². The molecular formula is C12H14BrClFNO. The second-order valence-electron chi connectivity index (χ2n) is 4.13. The predicted molar refractivity (Wildman–Crippen MR) is 71.2 cm³/mol. The maximum atomic E-state index is 13.0. The molecule has 0 aromatic heterocycles. The number of halogens is 3. The van der Waals surface area contributed by atoms with Gasteiger partial charge in [-0.2, -0.15) is 0 Å². The highest BCUT2D eigenvalue weighted by Gasteiger charge is 2.30. The van der Waals surface area contributed by atoms with E-state index in [1.807, 2.05) is 6.92 Å². The van der Waals surface area contributed by atoms with Gasteiger partial charge in [-0.3, -0.25) is 0 Å². The van der Waals surface area contributed by atoms with Crippen molar-refractivity contribution in [3.05, 3.63) is 27.4 Å². The molecule has 1 aliphatic carbocycles. The first kappa shape index (κ1) is 13.1. The van der Waals surface area contributed by atoms with E-state index >= 15 is 0 Å². The fraction of sp³-hybridized carbons (Fsp3) is 0.500. The Morgan fingerprint density at radius 3 is 2.82 bits per heavy atom. The minimum Gasteiger partial charge on any atom is -0.380 e. The number of nitrogens with one attached hydrogen (secondary N) is 1. The Balaban J connectivity index is 1.97. The Bertz CT molecular complexity index is 386. The average Bonchev–Trinajstić information content (AvgIpc) is 2.18. The van der Waals surface area contributed by atoms with Gasteiger partial charge >= 0.3 is 0 Å². The molecule has 2 nitrogen and oxygen atoms in total. The summed E-state index contributed by atoms with van der Waals surface area (Å²) < 4.78 is 19.2. The molecule has 1 fully saturated rings. The fourth-order valence-electron chi connectivity index (χ4n) is 1.94. The Hall–Kier alpha value is -0.320. The zero-order valence-corrected chi connectivity index (χ0v) is 11.8. The van der Waals surface area contributed by atoms with Crippen LogP contribution >= 0.6 is 27.5 Å². The van der Waals surface area contributed by atoms with Crippen molar-refractivity contribution in [1.29, 1.82) is 0 Å². The molecule has 0 bridgehead atoms. The summed E-state index contributed by atoms with van der Waals surface area (Å²) >= 11 is 9.30. The van der Waals surface area contributed by atoms with Crippen LogP contribution in [0.15, 0.2) is 16.6 Å². The van der Waals surface area contributed by atoms with E-state index in [2.05, 4.69) is 21.2 Å². The molecule has 0 aliphatic heterocycles. The molecule has 1 aliphatic rings. The van der Waals surface area contributed by atoms with Gasteiger partial charge < -0.3 is 10.1 Å². The first-order valence-electron chi connectivity index (χ1n) is 5.62. The number of hydrogen-bond donors (Lipinski definition) is 1. The third-order valence-electron chi connectivity index (χ3n) is 2.85. The molecule has 0 unspecified atom stereocenters. The molecule has 1 aromatic rings. The summed E-state index contributed by atoms with van der Waals surface area (Å²) in [6, 6.07) is 3.08. The van der Waals surface area contributed by atoms with Crippen molar-refractivity contribution in [1.82, 2.24) is 0 Å². The summed E-state index contributed by atoms with van der Waals surface area (Å²) in [4.78, 5) is 0. The van der Waals surface area contributed by atoms with Crippen LogP contribution in [-0.4, -0.2) is 18.8 Å². The molecule has 94 valence electrons. The first-order valence-corrected chi connectivity index (χ1v) is 6.80.